The zero-order valence-corrected chi connectivity index (χ0v) is 21.3. The summed E-state index contributed by atoms with van der Waals surface area (Å²) in [5, 5.41) is 32.1. The number of nitrogens with zero attached hydrogens (tertiary/aromatic N) is 5. The molecule has 0 aliphatic carbocycles. The Morgan fingerprint density at radius 3 is 2.25 bits per heavy atom. The maximum absolute atomic E-state index is 13.5. The van der Waals surface area contributed by atoms with Crippen LogP contribution in [0, 0.1) is 13.8 Å². The van der Waals surface area contributed by atoms with Gasteiger partial charge in [-0.2, -0.15) is 0 Å². The van der Waals surface area contributed by atoms with E-state index in [1.807, 2.05) is 31.9 Å². The van der Waals surface area contributed by atoms with E-state index in [9.17, 15) is 24.9 Å². The monoisotopic (exact) mass is 503 g/mol. The third kappa shape index (κ3) is 5.77. The van der Waals surface area contributed by atoms with Crippen molar-refractivity contribution in [3.8, 4) is 0 Å². The Kier molecular flexibility index (Phi) is 8.38. The van der Waals surface area contributed by atoms with E-state index in [1.165, 1.54) is 4.57 Å². The van der Waals surface area contributed by atoms with Crippen molar-refractivity contribution in [2.45, 2.75) is 38.7 Å². The molecule has 0 spiro atoms. The molecule has 36 heavy (non-hydrogen) atoms. The van der Waals surface area contributed by atoms with Crippen molar-refractivity contribution in [1.82, 2.24) is 24.3 Å². The number of carbonyl (C=O) groups excluding carboxylic acids is 1. The van der Waals surface area contributed by atoms with Gasteiger partial charge < -0.3 is 34.4 Å². The number of β-amino-alcohol motifs (C(OH)–C–C–N with tert-alkyl or cyclic N) is 1. The molecule has 1 amide bonds. The maximum atomic E-state index is 13.5. The number of likely N-dealkylation sites (N-methyl/N-ethyl adjacent to an activating group) is 1. The summed E-state index contributed by atoms with van der Waals surface area (Å²) in [4.78, 5) is 37.0. The van der Waals surface area contributed by atoms with Gasteiger partial charge in [-0.05, 0) is 44.2 Å². The van der Waals surface area contributed by atoms with Crippen molar-refractivity contribution in [2.75, 3.05) is 66.1 Å². The second kappa shape index (κ2) is 11.3. The van der Waals surface area contributed by atoms with Crippen LogP contribution in [0.5, 0.6) is 0 Å². The van der Waals surface area contributed by atoms with E-state index in [-0.39, 0.29) is 18.8 Å². The summed E-state index contributed by atoms with van der Waals surface area (Å²) in [5.41, 5.74) is 1.99. The number of aryl methyl sites for hydroxylation is 2. The average Bonchev–Trinajstić information content (AvgIpc) is 2.87. The summed E-state index contributed by atoms with van der Waals surface area (Å²) in [6.45, 7) is 8.49. The molecule has 11 nitrogen and oxygen atoms in total. The molecule has 3 N–H and O–H groups in total. The summed E-state index contributed by atoms with van der Waals surface area (Å²) in [5.74, 6) is -0.440. The third-order valence-electron chi connectivity index (χ3n) is 7.26. The highest BCUT2D eigenvalue weighted by molar-refractivity contribution is 5.94. The molecule has 2 saturated heterocycles. The number of hydrogen-bond donors (Lipinski definition) is 3. The third-order valence-corrected chi connectivity index (χ3v) is 7.26. The number of fused-ring (bicyclic) bond motifs is 1. The van der Waals surface area contributed by atoms with Crippen molar-refractivity contribution in [1.29, 1.82) is 0 Å². The smallest absolute Gasteiger partial charge is 0.282 e. The fraction of sp³-hybridized carbons (Fsp3) is 0.640. The molecule has 0 bridgehead atoms. The number of aromatic nitrogens is 2. The Bertz CT molecular complexity index is 1140. The molecule has 2 aliphatic rings. The summed E-state index contributed by atoms with van der Waals surface area (Å²) >= 11 is 0. The lowest BCUT2D eigenvalue weighted by Gasteiger charge is -2.32. The van der Waals surface area contributed by atoms with Crippen molar-refractivity contribution in [3.05, 3.63) is 39.3 Å². The molecule has 3 atom stereocenters. The topological polar surface area (TPSA) is 132 Å². The highest BCUT2D eigenvalue weighted by atomic mass is 16.5. The van der Waals surface area contributed by atoms with E-state index in [0.717, 1.165) is 11.1 Å². The molecular formula is C25H37N5O6. The number of aliphatic hydroxyl groups excluding tert-OH is 3. The maximum Gasteiger partial charge on any atom is 0.282 e. The van der Waals surface area contributed by atoms with Crippen molar-refractivity contribution in [2.24, 2.45) is 0 Å². The quantitative estimate of drug-likeness (QED) is 0.427. The molecule has 2 aliphatic heterocycles. The Morgan fingerprint density at radius 2 is 1.58 bits per heavy atom. The summed E-state index contributed by atoms with van der Waals surface area (Å²) in [6, 6.07) is 3.61. The van der Waals surface area contributed by atoms with Gasteiger partial charge in [0.2, 0.25) is 0 Å². The zero-order valence-electron chi connectivity index (χ0n) is 21.3. The van der Waals surface area contributed by atoms with Crippen molar-refractivity contribution in [3.63, 3.8) is 0 Å². The van der Waals surface area contributed by atoms with Crippen LogP contribution in [-0.2, 0) is 11.3 Å². The SMILES string of the molecule is Cc1cc2nc(C(=O)N3CCN(C)CC3)c(=O)n(C[C@H](O)[C@H](O)[C@H](O)CN3CCOCC3)c2cc1C. The number of rotatable bonds is 7. The Balaban J connectivity index is 1.63. The Hall–Kier alpha value is -2.41. The van der Waals surface area contributed by atoms with Crippen LogP contribution in [0.25, 0.3) is 11.0 Å². The van der Waals surface area contributed by atoms with Gasteiger partial charge in [-0.3, -0.25) is 14.5 Å². The number of amides is 1. The van der Waals surface area contributed by atoms with Gasteiger partial charge in [0.25, 0.3) is 11.5 Å². The molecule has 0 saturated carbocycles. The molecule has 2 aromatic rings. The lowest BCUT2D eigenvalue weighted by Crippen LogP contribution is -2.50. The molecular weight excluding hydrogens is 466 g/mol. The highest BCUT2D eigenvalue weighted by Crippen LogP contribution is 2.19. The van der Waals surface area contributed by atoms with Crippen LogP contribution in [0.4, 0.5) is 0 Å². The largest absolute Gasteiger partial charge is 0.389 e. The normalized spacial score (nSPS) is 20.4. The lowest BCUT2D eigenvalue weighted by molar-refractivity contribution is -0.0811. The standard InChI is InChI=1S/C25H37N5O6/c1-16-12-18-19(13-17(16)2)30(15-21(32)23(33)20(31)14-28-8-10-36-11-9-28)25(35)22(26-18)24(34)29-6-4-27(3)5-7-29/h12-13,20-21,23,31-33H,4-11,14-15H2,1-3H3/t20-,21+,23-/m1/s1. The first-order valence-electron chi connectivity index (χ1n) is 12.5. The minimum atomic E-state index is -1.48. The lowest BCUT2D eigenvalue weighted by atomic mass is 10.1. The van der Waals surface area contributed by atoms with Crippen molar-refractivity contribution < 1.29 is 24.9 Å². The van der Waals surface area contributed by atoms with Gasteiger partial charge in [-0.15, -0.1) is 0 Å². The molecule has 1 aromatic heterocycles. The van der Waals surface area contributed by atoms with Crippen LogP contribution >= 0.6 is 0 Å². The molecule has 3 heterocycles. The predicted octanol–water partition coefficient (Wildman–Crippen LogP) is -1.18. The van der Waals surface area contributed by atoms with Crippen LogP contribution in [0.15, 0.2) is 16.9 Å². The first-order valence-corrected chi connectivity index (χ1v) is 12.5. The number of carbonyl (C=O) groups is 1. The van der Waals surface area contributed by atoms with E-state index in [4.69, 9.17) is 4.74 Å². The second-order valence-corrected chi connectivity index (χ2v) is 9.94. The molecule has 0 radical (unpaired) electrons. The Labute approximate surface area is 210 Å². The van der Waals surface area contributed by atoms with Gasteiger partial charge >= 0.3 is 0 Å². The van der Waals surface area contributed by atoms with Gasteiger partial charge in [0.15, 0.2) is 5.69 Å². The van der Waals surface area contributed by atoms with E-state index < -0.39 is 29.8 Å². The van der Waals surface area contributed by atoms with Gasteiger partial charge in [0.05, 0.1) is 36.9 Å². The molecule has 11 heteroatoms. The van der Waals surface area contributed by atoms with Gasteiger partial charge in [-0.1, -0.05) is 0 Å². The zero-order chi connectivity index (χ0) is 26.0. The molecule has 4 rings (SSSR count). The summed E-state index contributed by atoms with van der Waals surface area (Å²) < 4.78 is 6.61. The number of piperazine rings is 1. The van der Waals surface area contributed by atoms with E-state index >= 15 is 0 Å². The second-order valence-electron chi connectivity index (χ2n) is 9.94. The predicted molar refractivity (Wildman–Crippen MR) is 134 cm³/mol. The number of hydrogen-bond acceptors (Lipinski definition) is 9. The summed E-state index contributed by atoms with van der Waals surface area (Å²) in [6.07, 6.45) is -4.12. The molecule has 198 valence electrons. The fourth-order valence-electron chi connectivity index (χ4n) is 4.68. The summed E-state index contributed by atoms with van der Waals surface area (Å²) in [7, 11) is 1.98. The van der Waals surface area contributed by atoms with E-state index in [1.54, 1.807) is 11.0 Å². The fourth-order valence-corrected chi connectivity index (χ4v) is 4.68. The van der Waals surface area contributed by atoms with Crippen LogP contribution in [0.3, 0.4) is 0 Å². The number of ether oxygens (including phenoxy) is 1. The van der Waals surface area contributed by atoms with Gasteiger partial charge in [-0.25, -0.2) is 4.98 Å². The average molecular weight is 504 g/mol. The van der Waals surface area contributed by atoms with Crippen LogP contribution in [0.2, 0.25) is 0 Å². The first kappa shape index (κ1) is 26.6. The Morgan fingerprint density at radius 1 is 0.972 bits per heavy atom. The minimum Gasteiger partial charge on any atom is -0.389 e. The molecule has 0 unspecified atom stereocenters. The van der Waals surface area contributed by atoms with E-state index in [2.05, 4.69) is 9.88 Å². The number of morpholine rings is 1. The van der Waals surface area contributed by atoms with Crippen LogP contribution < -0.4 is 5.56 Å². The van der Waals surface area contributed by atoms with E-state index in [0.29, 0.717) is 63.5 Å². The molecule has 1 aromatic carbocycles. The first-order chi connectivity index (χ1) is 17.2. The van der Waals surface area contributed by atoms with Crippen molar-refractivity contribution >= 4 is 16.9 Å². The number of benzene rings is 1. The van der Waals surface area contributed by atoms with Crippen LogP contribution in [0.1, 0.15) is 21.6 Å². The van der Waals surface area contributed by atoms with Gasteiger partial charge in [0.1, 0.15) is 12.2 Å². The highest BCUT2D eigenvalue weighted by Gasteiger charge is 2.30. The number of aliphatic hydroxyl groups is 3. The molecule has 2 fully saturated rings. The van der Waals surface area contributed by atoms with Gasteiger partial charge in [0, 0.05) is 45.8 Å². The minimum absolute atomic E-state index is 0.180. The van der Waals surface area contributed by atoms with Crippen LogP contribution in [-0.4, -0.2) is 130 Å².